The van der Waals surface area contributed by atoms with Crippen LogP contribution in [0.25, 0.3) is 0 Å². The average Bonchev–Trinajstić information content (AvgIpc) is 3.78. The van der Waals surface area contributed by atoms with E-state index in [9.17, 15) is 9.59 Å². The number of amides is 1. The number of carbonyl (C=O) groups excluding carboxylic acids is 2. The highest BCUT2D eigenvalue weighted by atomic mass is 16.5. The molecule has 1 saturated heterocycles. The Morgan fingerprint density at radius 1 is 1.24 bits per heavy atom. The summed E-state index contributed by atoms with van der Waals surface area (Å²) in [6, 6.07) is 9.20. The van der Waals surface area contributed by atoms with Crippen molar-refractivity contribution in [1.29, 1.82) is 0 Å². The minimum Gasteiger partial charge on any atom is -0.463 e. The monoisotopic (exact) mass is 506 g/mol. The molecule has 1 unspecified atom stereocenters. The first-order valence-electron chi connectivity index (χ1n) is 13.1. The maximum atomic E-state index is 12.0. The summed E-state index contributed by atoms with van der Waals surface area (Å²) in [5.41, 5.74) is 3.25. The fourth-order valence-corrected chi connectivity index (χ4v) is 4.78. The maximum absolute atomic E-state index is 12.0. The van der Waals surface area contributed by atoms with Gasteiger partial charge in [0.05, 0.1) is 5.56 Å². The van der Waals surface area contributed by atoms with Crippen molar-refractivity contribution in [3.05, 3.63) is 59.8 Å². The predicted molar refractivity (Wildman–Crippen MR) is 144 cm³/mol. The zero-order valence-corrected chi connectivity index (χ0v) is 21.9. The van der Waals surface area contributed by atoms with Crippen LogP contribution in [-0.4, -0.2) is 71.9 Å². The number of carbonyl (C=O) groups is 2. The molecular weight excluding hydrogens is 468 g/mol. The van der Waals surface area contributed by atoms with E-state index in [4.69, 9.17) is 4.74 Å². The van der Waals surface area contributed by atoms with E-state index in [0.29, 0.717) is 25.0 Å². The molecule has 198 valence electrons. The predicted octanol–water partition coefficient (Wildman–Crippen LogP) is 3.39. The zero-order valence-electron chi connectivity index (χ0n) is 21.9. The Morgan fingerprint density at radius 2 is 1.97 bits per heavy atom. The average molecular weight is 507 g/mol. The number of piperazine rings is 1. The first-order chi connectivity index (χ1) is 18.0. The van der Waals surface area contributed by atoms with Crippen LogP contribution in [0.3, 0.4) is 0 Å². The van der Waals surface area contributed by atoms with Gasteiger partial charge in [-0.15, -0.1) is 0 Å². The number of hydrogen-bond acceptors (Lipinski definition) is 8. The Morgan fingerprint density at radius 3 is 2.59 bits per heavy atom. The summed E-state index contributed by atoms with van der Waals surface area (Å²) in [7, 11) is 1.95. The number of anilines is 2. The van der Waals surface area contributed by atoms with E-state index in [1.54, 1.807) is 6.20 Å². The van der Waals surface area contributed by atoms with Gasteiger partial charge in [0.1, 0.15) is 12.4 Å². The van der Waals surface area contributed by atoms with E-state index in [1.165, 1.54) is 30.9 Å². The third-order valence-corrected chi connectivity index (χ3v) is 7.29. The minimum absolute atomic E-state index is 0.0247. The lowest BCUT2D eigenvalue weighted by molar-refractivity contribution is -0.130. The van der Waals surface area contributed by atoms with Crippen molar-refractivity contribution in [3.63, 3.8) is 0 Å². The molecule has 37 heavy (non-hydrogen) atoms. The number of aromatic nitrogens is 2. The number of rotatable bonds is 13. The summed E-state index contributed by atoms with van der Waals surface area (Å²) < 4.78 is 4.91. The molecular formula is C28H38N6O3. The minimum atomic E-state index is 0.0247. The Labute approximate surface area is 219 Å². The summed E-state index contributed by atoms with van der Waals surface area (Å²) in [5, 5.41) is 3.32. The van der Waals surface area contributed by atoms with Crippen LogP contribution in [0.5, 0.6) is 0 Å². The molecule has 9 heteroatoms. The third kappa shape index (κ3) is 7.07. The molecule has 1 aromatic carbocycles. The SMILES string of the molecule is C=CC(=O)N1CCN(C(CC2CC2)c2ccc(CNc3ncc(COC=O)c(N(C)CC)n3)cc2)CC1. The second-order valence-corrected chi connectivity index (χ2v) is 9.82. The van der Waals surface area contributed by atoms with Crippen LogP contribution in [0.2, 0.25) is 0 Å². The van der Waals surface area contributed by atoms with Crippen LogP contribution in [0.1, 0.15) is 48.9 Å². The standard InChI is InChI=1S/C28H38N6O3/c1-4-26(36)34-14-12-33(13-15-34)25(16-21-6-7-21)23-10-8-22(9-11-23)17-29-28-30-18-24(19-37-20-35)27(31-28)32(3)5-2/h4,8-11,18,20-21,25H,1,5-7,12-17,19H2,2-3H3,(H,29,30,31). The van der Waals surface area contributed by atoms with Gasteiger partial charge < -0.3 is 19.9 Å². The molecule has 1 saturated carbocycles. The van der Waals surface area contributed by atoms with Crippen LogP contribution < -0.4 is 10.2 Å². The second kappa shape index (κ2) is 12.7. The molecule has 1 aliphatic carbocycles. The first kappa shape index (κ1) is 26.6. The van der Waals surface area contributed by atoms with Crippen LogP contribution in [0.4, 0.5) is 11.8 Å². The van der Waals surface area contributed by atoms with Crippen molar-refractivity contribution in [3.8, 4) is 0 Å². The van der Waals surface area contributed by atoms with Gasteiger partial charge in [-0.05, 0) is 36.5 Å². The van der Waals surface area contributed by atoms with Gasteiger partial charge in [0.15, 0.2) is 0 Å². The van der Waals surface area contributed by atoms with Crippen molar-refractivity contribution in [2.75, 3.05) is 50.0 Å². The number of benzene rings is 1. The van der Waals surface area contributed by atoms with Gasteiger partial charge in [0.2, 0.25) is 11.9 Å². The summed E-state index contributed by atoms with van der Waals surface area (Å²) in [6.45, 7) is 10.9. The van der Waals surface area contributed by atoms with E-state index in [0.717, 1.165) is 55.6 Å². The molecule has 2 heterocycles. The summed E-state index contributed by atoms with van der Waals surface area (Å²) in [6.07, 6.45) is 6.93. The van der Waals surface area contributed by atoms with Gasteiger partial charge in [-0.25, -0.2) is 4.98 Å². The quantitative estimate of drug-likeness (QED) is 0.327. The fourth-order valence-electron chi connectivity index (χ4n) is 4.78. The molecule has 0 spiro atoms. The number of ether oxygens (including phenoxy) is 1. The van der Waals surface area contributed by atoms with Gasteiger partial charge >= 0.3 is 0 Å². The Kier molecular flexibility index (Phi) is 9.11. The van der Waals surface area contributed by atoms with Gasteiger partial charge in [-0.2, -0.15) is 4.98 Å². The molecule has 2 aliphatic rings. The van der Waals surface area contributed by atoms with Crippen molar-refractivity contribution >= 4 is 24.1 Å². The summed E-state index contributed by atoms with van der Waals surface area (Å²) in [4.78, 5) is 38.1. The fraction of sp³-hybridized carbons (Fsp3) is 0.500. The van der Waals surface area contributed by atoms with E-state index in [2.05, 4.69) is 51.0 Å². The molecule has 4 rings (SSSR count). The Balaban J connectivity index is 1.39. The molecule has 1 atom stereocenters. The van der Waals surface area contributed by atoms with E-state index < -0.39 is 0 Å². The summed E-state index contributed by atoms with van der Waals surface area (Å²) >= 11 is 0. The van der Waals surface area contributed by atoms with Crippen LogP contribution in [0, 0.1) is 5.92 Å². The largest absolute Gasteiger partial charge is 0.463 e. The normalized spacial score (nSPS) is 16.6. The molecule has 9 nitrogen and oxygen atoms in total. The molecule has 2 fully saturated rings. The summed E-state index contributed by atoms with van der Waals surface area (Å²) in [5.74, 6) is 2.12. The Hall–Kier alpha value is -3.46. The first-order valence-corrected chi connectivity index (χ1v) is 13.1. The molecule has 0 radical (unpaired) electrons. The highest BCUT2D eigenvalue weighted by Crippen LogP contribution is 2.40. The number of nitrogens with one attached hydrogen (secondary N) is 1. The van der Waals surface area contributed by atoms with Gasteiger partial charge in [0, 0.05) is 58.6 Å². The highest BCUT2D eigenvalue weighted by Gasteiger charge is 2.32. The van der Waals surface area contributed by atoms with E-state index in [-0.39, 0.29) is 12.5 Å². The number of hydrogen-bond donors (Lipinski definition) is 1. The van der Waals surface area contributed by atoms with Crippen LogP contribution >= 0.6 is 0 Å². The van der Waals surface area contributed by atoms with Gasteiger partial charge in [-0.1, -0.05) is 43.7 Å². The lowest BCUT2D eigenvalue weighted by atomic mass is 9.97. The topological polar surface area (TPSA) is 90.9 Å². The molecule has 1 amide bonds. The Bertz CT molecular complexity index is 1060. The lowest BCUT2D eigenvalue weighted by Crippen LogP contribution is -2.49. The van der Waals surface area contributed by atoms with Gasteiger partial charge in [0.25, 0.3) is 6.47 Å². The highest BCUT2D eigenvalue weighted by molar-refractivity contribution is 5.87. The zero-order chi connectivity index (χ0) is 26.2. The lowest BCUT2D eigenvalue weighted by Gasteiger charge is -2.39. The smallest absolute Gasteiger partial charge is 0.293 e. The van der Waals surface area contributed by atoms with Gasteiger partial charge in [-0.3, -0.25) is 14.5 Å². The van der Waals surface area contributed by atoms with Crippen molar-refractivity contribution in [2.45, 2.75) is 45.4 Å². The molecule has 1 N–H and O–H groups in total. The van der Waals surface area contributed by atoms with Crippen LogP contribution in [0.15, 0.2) is 43.1 Å². The third-order valence-electron chi connectivity index (χ3n) is 7.29. The molecule has 1 aliphatic heterocycles. The van der Waals surface area contributed by atoms with Crippen molar-refractivity contribution in [1.82, 2.24) is 19.8 Å². The maximum Gasteiger partial charge on any atom is 0.293 e. The van der Waals surface area contributed by atoms with E-state index >= 15 is 0 Å². The number of nitrogens with zero attached hydrogens (tertiary/aromatic N) is 5. The van der Waals surface area contributed by atoms with E-state index in [1.807, 2.05) is 23.8 Å². The second-order valence-electron chi connectivity index (χ2n) is 9.82. The molecule has 1 aromatic heterocycles. The van der Waals surface area contributed by atoms with Crippen molar-refractivity contribution < 1.29 is 14.3 Å². The van der Waals surface area contributed by atoms with Crippen molar-refractivity contribution in [2.24, 2.45) is 5.92 Å². The van der Waals surface area contributed by atoms with Crippen LogP contribution in [-0.2, 0) is 27.5 Å². The molecule has 0 bridgehead atoms. The molecule has 2 aromatic rings.